The largest absolute Gasteiger partial charge is 0.353 e. The van der Waals surface area contributed by atoms with Gasteiger partial charge < -0.3 is 18.9 Å². The van der Waals surface area contributed by atoms with E-state index in [2.05, 4.69) is 31.9 Å². The number of fused-ring (bicyclic) bond motifs is 1. The van der Waals surface area contributed by atoms with Crippen LogP contribution < -0.4 is 0 Å². The van der Waals surface area contributed by atoms with Crippen molar-refractivity contribution in [1.82, 2.24) is 0 Å². The van der Waals surface area contributed by atoms with Crippen LogP contribution in [0, 0.1) is 0 Å². The lowest BCUT2D eigenvalue weighted by Gasteiger charge is -2.47. The van der Waals surface area contributed by atoms with Crippen LogP contribution in [0.3, 0.4) is 0 Å². The molecule has 0 radical (unpaired) electrons. The van der Waals surface area contributed by atoms with Crippen LogP contribution in [-0.2, 0) is 47.5 Å². The average molecular weight is 720 g/mol. The Labute approximate surface area is 249 Å². The predicted molar refractivity (Wildman–Crippen MR) is 148 cm³/mol. The van der Waals surface area contributed by atoms with E-state index in [1.165, 1.54) is 43.5 Å². The Morgan fingerprint density at radius 3 is 1.77 bits per heavy atom. The van der Waals surface area contributed by atoms with Gasteiger partial charge in [0.2, 0.25) is 0 Å². The van der Waals surface area contributed by atoms with E-state index in [1.54, 1.807) is 36.4 Å². The number of hydrogen-bond acceptors (Lipinski definition) is 10. The SMILES string of the molecule is CO[C@@H]1O[C@H]2CO[C@H](c3ccccc3)O[C@@H]2[C@@H](OS(=O)(=O)c2ccc(Br)cc2)[C@@H]1OS(=O)(=O)c1ccc(Br)cc1. The Morgan fingerprint density at radius 1 is 0.725 bits per heavy atom. The Morgan fingerprint density at radius 2 is 1.25 bits per heavy atom. The molecule has 2 saturated heterocycles. The molecule has 2 fully saturated rings. The van der Waals surface area contributed by atoms with Crippen molar-refractivity contribution in [3.63, 3.8) is 0 Å². The second-order valence-electron chi connectivity index (χ2n) is 8.89. The van der Waals surface area contributed by atoms with Crippen LogP contribution in [0.1, 0.15) is 11.9 Å². The van der Waals surface area contributed by atoms with Crippen LogP contribution in [0.5, 0.6) is 0 Å². The van der Waals surface area contributed by atoms with Gasteiger partial charge in [0.1, 0.15) is 18.3 Å². The summed E-state index contributed by atoms with van der Waals surface area (Å²) in [6.07, 6.45) is -7.27. The smallest absolute Gasteiger partial charge is 0.297 e. The highest BCUT2D eigenvalue weighted by Crippen LogP contribution is 2.38. The molecule has 2 aliphatic rings. The van der Waals surface area contributed by atoms with Crippen molar-refractivity contribution >= 4 is 52.1 Å². The maximum atomic E-state index is 13.4. The highest BCUT2D eigenvalue weighted by Gasteiger charge is 2.54. The Bertz CT molecular complexity index is 1520. The molecule has 5 rings (SSSR count). The van der Waals surface area contributed by atoms with Crippen molar-refractivity contribution in [3.8, 4) is 0 Å². The average Bonchev–Trinajstić information content (AvgIpc) is 2.94. The van der Waals surface area contributed by atoms with E-state index in [1.807, 2.05) is 6.07 Å². The van der Waals surface area contributed by atoms with Gasteiger partial charge >= 0.3 is 0 Å². The zero-order valence-corrected chi connectivity index (χ0v) is 25.6. The summed E-state index contributed by atoms with van der Waals surface area (Å²) < 4.78 is 89.5. The molecular weight excluding hydrogens is 696 g/mol. The van der Waals surface area contributed by atoms with E-state index in [4.69, 9.17) is 27.3 Å². The van der Waals surface area contributed by atoms with E-state index in [-0.39, 0.29) is 16.4 Å². The number of hydrogen-bond donors (Lipinski definition) is 0. The van der Waals surface area contributed by atoms with Gasteiger partial charge in [0, 0.05) is 21.6 Å². The van der Waals surface area contributed by atoms with E-state index < -0.39 is 57.2 Å². The van der Waals surface area contributed by atoms with E-state index in [0.29, 0.717) is 14.5 Å². The lowest BCUT2D eigenvalue weighted by atomic mass is 9.98. The number of ether oxygens (including phenoxy) is 4. The predicted octanol–water partition coefficient (Wildman–Crippen LogP) is 4.55. The first-order chi connectivity index (χ1) is 19.1. The first-order valence-electron chi connectivity index (χ1n) is 12.0. The zero-order chi connectivity index (χ0) is 28.5. The maximum Gasteiger partial charge on any atom is 0.297 e. The molecule has 40 heavy (non-hydrogen) atoms. The second kappa shape index (κ2) is 12.3. The molecule has 10 nitrogen and oxygen atoms in total. The van der Waals surface area contributed by atoms with Crippen LogP contribution in [0.4, 0.5) is 0 Å². The number of methoxy groups -OCH3 is 1. The van der Waals surface area contributed by atoms with Gasteiger partial charge in [-0.05, 0) is 48.5 Å². The van der Waals surface area contributed by atoms with Crippen LogP contribution in [0.2, 0.25) is 0 Å². The van der Waals surface area contributed by atoms with E-state index in [0.717, 1.165) is 0 Å². The molecule has 0 unspecified atom stereocenters. The summed E-state index contributed by atoms with van der Waals surface area (Å²) in [6, 6.07) is 20.6. The number of benzene rings is 3. The molecule has 0 N–H and O–H groups in total. The van der Waals surface area contributed by atoms with Crippen molar-refractivity contribution < 1.29 is 44.1 Å². The van der Waals surface area contributed by atoms with Crippen molar-refractivity contribution in [1.29, 1.82) is 0 Å². The van der Waals surface area contributed by atoms with Crippen LogP contribution >= 0.6 is 31.9 Å². The Balaban J connectivity index is 1.53. The second-order valence-corrected chi connectivity index (χ2v) is 13.9. The van der Waals surface area contributed by atoms with Crippen molar-refractivity contribution in [2.24, 2.45) is 0 Å². The Kier molecular flexibility index (Phi) is 9.12. The van der Waals surface area contributed by atoms with Gasteiger partial charge in [-0.1, -0.05) is 62.2 Å². The molecule has 2 heterocycles. The first kappa shape index (κ1) is 29.8. The van der Waals surface area contributed by atoms with E-state index >= 15 is 0 Å². The zero-order valence-electron chi connectivity index (χ0n) is 20.8. The van der Waals surface area contributed by atoms with Gasteiger partial charge in [-0.3, -0.25) is 8.37 Å². The molecule has 6 atom stereocenters. The highest BCUT2D eigenvalue weighted by atomic mass is 79.9. The molecule has 0 aromatic heterocycles. The van der Waals surface area contributed by atoms with Crippen LogP contribution in [-0.4, -0.2) is 61.3 Å². The summed E-state index contributed by atoms with van der Waals surface area (Å²) >= 11 is 6.55. The van der Waals surface area contributed by atoms with Crippen molar-refractivity contribution in [3.05, 3.63) is 93.4 Å². The Hall–Kier alpha value is -1.72. The van der Waals surface area contributed by atoms with Crippen LogP contribution in [0.15, 0.2) is 97.6 Å². The number of rotatable bonds is 8. The third-order valence-electron chi connectivity index (χ3n) is 6.27. The monoisotopic (exact) mass is 718 g/mol. The molecule has 0 saturated carbocycles. The topological polar surface area (TPSA) is 124 Å². The normalized spacial score (nSPS) is 27.2. The summed E-state index contributed by atoms with van der Waals surface area (Å²) in [6.45, 7) is -0.00549. The first-order valence-corrected chi connectivity index (χ1v) is 16.4. The third kappa shape index (κ3) is 6.51. The lowest BCUT2D eigenvalue weighted by Crippen LogP contribution is -2.64. The van der Waals surface area contributed by atoms with Crippen molar-refractivity contribution in [2.45, 2.75) is 46.8 Å². The van der Waals surface area contributed by atoms with Gasteiger partial charge in [0.15, 0.2) is 18.7 Å². The summed E-state index contributed by atoms with van der Waals surface area (Å²) in [7, 11) is -7.58. The van der Waals surface area contributed by atoms with Gasteiger partial charge in [-0.15, -0.1) is 0 Å². The molecule has 2 aliphatic heterocycles. The third-order valence-corrected chi connectivity index (χ3v) is 9.98. The summed E-state index contributed by atoms with van der Waals surface area (Å²) in [5, 5.41) is 0. The molecule has 0 bridgehead atoms. The van der Waals surface area contributed by atoms with Gasteiger partial charge in [0.25, 0.3) is 20.2 Å². The number of halogens is 2. The molecule has 214 valence electrons. The van der Waals surface area contributed by atoms with Gasteiger partial charge in [-0.2, -0.15) is 16.8 Å². The lowest BCUT2D eigenvalue weighted by molar-refractivity contribution is -0.351. The molecule has 0 spiro atoms. The summed E-state index contributed by atoms with van der Waals surface area (Å²) in [5.41, 5.74) is 0.671. The molecule has 3 aromatic carbocycles. The van der Waals surface area contributed by atoms with Crippen LogP contribution in [0.25, 0.3) is 0 Å². The van der Waals surface area contributed by atoms with Gasteiger partial charge in [-0.25, -0.2) is 0 Å². The van der Waals surface area contributed by atoms with Gasteiger partial charge in [0.05, 0.1) is 16.4 Å². The molecular formula is C26H24Br2O10S2. The summed E-state index contributed by atoms with van der Waals surface area (Å²) in [4.78, 5) is -0.300. The fraction of sp³-hybridized carbons (Fsp3) is 0.308. The molecule has 0 aliphatic carbocycles. The molecule has 3 aromatic rings. The minimum absolute atomic E-state index is 0.00549. The summed E-state index contributed by atoms with van der Waals surface area (Å²) in [5.74, 6) is 0. The fourth-order valence-electron chi connectivity index (χ4n) is 4.33. The fourth-order valence-corrected chi connectivity index (χ4v) is 7.03. The minimum atomic E-state index is -4.43. The highest BCUT2D eigenvalue weighted by molar-refractivity contribution is 9.10. The van der Waals surface area contributed by atoms with E-state index in [9.17, 15) is 16.8 Å². The quantitative estimate of drug-likeness (QED) is 0.307. The molecule has 14 heteroatoms. The standard InChI is InChI=1S/C26H24Br2O10S2/c1-33-26-24(38-40(31,32)20-13-9-18(28)10-14-20)23(37-39(29,30)19-11-7-17(27)8-12-19)22-21(35-26)15-34-25(36-22)16-5-3-2-4-6-16/h2-14,21-26H,15H2,1H3/t21-,22-,23+,24-,25-,26+/m0/s1. The van der Waals surface area contributed by atoms with Crippen molar-refractivity contribution in [2.75, 3.05) is 13.7 Å². The maximum absolute atomic E-state index is 13.4. The molecule has 0 amide bonds. The minimum Gasteiger partial charge on any atom is -0.353 e.